The van der Waals surface area contributed by atoms with Gasteiger partial charge in [0.2, 0.25) is 0 Å². The van der Waals surface area contributed by atoms with E-state index in [1.807, 2.05) is 6.07 Å². The second-order valence-corrected chi connectivity index (χ2v) is 5.84. The van der Waals surface area contributed by atoms with Gasteiger partial charge in [0, 0.05) is 11.7 Å². The van der Waals surface area contributed by atoms with Crippen molar-refractivity contribution in [2.45, 2.75) is 40.7 Å². The molecule has 1 atom stereocenters. The standard InChI is InChI=1S/C19H25NO/c1-12-9-14(3)18(11-13(12)2)16(5)20-17-7-8-19(21-6)15(4)10-17/h7-11,16,20H,1-6H3. The van der Waals surface area contributed by atoms with E-state index in [1.54, 1.807) is 7.11 Å². The van der Waals surface area contributed by atoms with Crippen LogP contribution in [0.2, 0.25) is 0 Å². The molecular formula is C19H25NO. The second kappa shape index (κ2) is 6.21. The molecule has 112 valence electrons. The predicted molar refractivity (Wildman–Crippen MR) is 90.4 cm³/mol. The number of rotatable bonds is 4. The minimum absolute atomic E-state index is 0.275. The van der Waals surface area contributed by atoms with Gasteiger partial charge in [-0.15, -0.1) is 0 Å². The number of aryl methyl sites for hydroxylation is 4. The molecular weight excluding hydrogens is 258 g/mol. The fourth-order valence-corrected chi connectivity index (χ4v) is 2.75. The third-order valence-corrected chi connectivity index (χ3v) is 4.13. The van der Waals surface area contributed by atoms with E-state index in [1.165, 1.54) is 22.3 Å². The Balaban J connectivity index is 2.23. The molecule has 2 rings (SSSR count). The van der Waals surface area contributed by atoms with Gasteiger partial charge in [-0.3, -0.25) is 0 Å². The maximum atomic E-state index is 5.31. The molecule has 2 aromatic rings. The van der Waals surface area contributed by atoms with Crippen LogP contribution in [0.5, 0.6) is 5.75 Å². The van der Waals surface area contributed by atoms with Gasteiger partial charge in [0.25, 0.3) is 0 Å². The smallest absolute Gasteiger partial charge is 0.121 e. The number of nitrogens with one attached hydrogen (secondary N) is 1. The normalized spacial score (nSPS) is 12.1. The van der Waals surface area contributed by atoms with Crippen LogP contribution in [0.25, 0.3) is 0 Å². The number of anilines is 1. The summed E-state index contributed by atoms with van der Waals surface area (Å²) in [5.41, 5.74) is 7.65. The Morgan fingerprint density at radius 3 is 2.14 bits per heavy atom. The molecule has 2 aromatic carbocycles. The quantitative estimate of drug-likeness (QED) is 0.842. The van der Waals surface area contributed by atoms with Crippen molar-refractivity contribution in [3.05, 3.63) is 58.1 Å². The Kier molecular flexibility index (Phi) is 4.56. The summed E-state index contributed by atoms with van der Waals surface area (Å²) in [6, 6.07) is 11.0. The topological polar surface area (TPSA) is 21.3 Å². The summed E-state index contributed by atoms with van der Waals surface area (Å²) in [6.45, 7) is 10.8. The molecule has 0 heterocycles. The highest BCUT2D eigenvalue weighted by molar-refractivity contribution is 5.53. The first kappa shape index (κ1) is 15.4. The van der Waals surface area contributed by atoms with E-state index in [9.17, 15) is 0 Å². The molecule has 0 spiro atoms. The first-order valence-corrected chi connectivity index (χ1v) is 7.41. The highest BCUT2D eigenvalue weighted by Crippen LogP contribution is 2.27. The van der Waals surface area contributed by atoms with Crippen molar-refractivity contribution < 1.29 is 4.74 Å². The molecule has 0 bridgehead atoms. The Hall–Kier alpha value is -1.96. The van der Waals surface area contributed by atoms with Crippen molar-refractivity contribution in [2.75, 3.05) is 12.4 Å². The largest absolute Gasteiger partial charge is 0.496 e. The van der Waals surface area contributed by atoms with Gasteiger partial charge < -0.3 is 10.1 Å². The highest BCUT2D eigenvalue weighted by atomic mass is 16.5. The monoisotopic (exact) mass is 283 g/mol. The average molecular weight is 283 g/mol. The zero-order valence-corrected chi connectivity index (χ0v) is 13.9. The maximum absolute atomic E-state index is 5.31. The highest BCUT2D eigenvalue weighted by Gasteiger charge is 2.10. The number of methoxy groups -OCH3 is 1. The lowest BCUT2D eigenvalue weighted by Crippen LogP contribution is -2.09. The van der Waals surface area contributed by atoms with Gasteiger partial charge in [0.15, 0.2) is 0 Å². The van der Waals surface area contributed by atoms with E-state index < -0.39 is 0 Å². The molecule has 0 aromatic heterocycles. The van der Waals surface area contributed by atoms with Crippen molar-refractivity contribution in [1.82, 2.24) is 0 Å². The molecule has 1 N–H and O–H groups in total. The molecule has 0 aliphatic rings. The van der Waals surface area contributed by atoms with Crippen molar-refractivity contribution in [3.8, 4) is 5.75 Å². The van der Waals surface area contributed by atoms with Crippen molar-refractivity contribution >= 4 is 5.69 Å². The Morgan fingerprint density at radius 1 is 0.857 bits per heavy atom. The Morgan fingerprint density at radius 2 is 1.52 bits per heavy atom. The first-order chi connectivity index (χ1) is 9.92. The van der Waals surface area contributed by atoms with E-state index in [4.69, 9.17) is 4.74 Å². The molecule has 1 unspecified atom stereocenters. The first-order valence-electron chi connectivity index (χ1n) is 7.41. The molecule has 0 amide bonds. The van der Waals surface area contributed by atoms with Gasteiger partial charge in [-0.2, -0.15) is 0 Å². The molecule has 21 heavy (non-hydrogen) atoms. The molecule has 0 aliphatic carbocycles. The fraction of sp³-hybridized carbons (Fsp3) is 0.368. The number of hydrogen-bond acceptors (Lipinski definition) is 2. The van der Waals surface area contributed by atoms with Crippen molar-refractivity contribution in [3.63, 3.8) is 0 Å². The number of ether oxygens (including phenoxy) is 1. The van der Waals surface area contributed by atoms with Crippen molar-refractivity contribution in [2.24, 2.45) is 0 Å². The average Bonchev–Trinajstić information content (AvgIpc) is 2.43. The molecule has 0 saturated carbocycles. The summed E-state index contributed by atoms with van der Waals surface area (Å²) in [6.07, 6.45) is 0. The Bertz CT molecular complexity index is 646. The van der Waals surface area contributed by atoms with Crippen LogP contribution in [0, 0.1) is 27.7 Å². The SMILES string of the molecule is COc1ccc(NC(C)c2cc(C)c(C)cc2C)cc1C. The summed E-state index contributed by atoms with van der Waals surface area (Å²) < 4.78 is 5.31. The summed E-state index contributed by atoms with van der Waals surface area (Å²) in [4.78, 5) is 0. The molecule has 2 nitrogen and oxygen atoms in total. The summed E-state index contributed by atoms with van der Waals surface area (Å²) in [5, 5.41) is 3.58. The lowest BCUT2D eigenvalue weighted by atomic mass is 9.96. The molecule has 2 heteroatoms. The van der Waals surface area contributed by atoms with E-state index in [-0.39, 0.29) is 6.04 Å². The van der Waals surface area contributed by atoms with Crippen LogP contribution in [0.3, 0.4) is 0 Å². The van der Waals surface area contributed by atoms with Crippen molar-refractivity contribution in [1.29, 1.82) is 0 Å². The van der Waals surface area contributed by atoms with E-state index >= 15 is 0 Å². The summed E-state index contributed by atoms with van der Waals surface area (Å²) in [5.74, 6) is 0.926. The lowest BCUT2D eigenvalue weighted by molar-refractivity contribution is 0.412. The number of benzene rings is 2. The maximum Gasteiger partial charge on any atom is 0.121 e. The van der Waals surface area contributed by atoms with Gasteiger partial charge in [-0.05, 0) is 80.6 Å². The summed E-state index contributed by atoms with van der Waals surface area (Å²) in [7, 11) is 1.70. The van der Waals surface area contributed by atoms with Crippen LogP contribution < -0.4 is 10.1 Å². The van der Waals surface area contributed by atoms with Crippen LogP contribution in [0.1, 0.15) is 40.8 Å². The van der Waals surface area contributed by atoms with Crippen LogP contribution in [0.15, 0.2) is 30.3 Å². The summed E-state index contributed by atoms with van der Waals surface area (Å²) >= 11 is 0. The van der Waals surface area contributed by atoms with Gasteiger partial charge in [-0.25, -0.2) is 0 Å². The molecule has 0 saturated heterocycles. The number of hydrogen-bond donors (Lipinski definition) is 1. The lowest BCUT2D eigenvalue weighted by Gasteiger charge is -2.20. The van der Waals surface area contributed by atoms with Gasteiger partial charge >= 0.3 is 0 Å². The zero-order valence-electron chi connectivity index (χ0n) is 13.9. The molecule has 0 aliphatic heterocycles. The zero-order chi connectivity index (χ0) is 15.6. The minimum atomic E-state index is 0.275. The van der Waals surface area contributed by atoms with Crippen LogP contribution in [0.4, 0.5) is 5.69 Å². The second-order valence-electron chi connectivity index (χ2n) is 5.84. The third-order valence-electron chi connectivity index (χ3n) is 4.13. The van der Waals surface area contributed by atoms with Gasteiger partial charge in [-0.1, -0.05) is 12.1 Å². The van der Waals surface area contributed by atoms with E-state index in [0.29, 0.717) is 0 Å². The fourth-order valence-electron chi connectivity index (χ4n) is 2.75. The van der Waals surface area contributed by atoms with Crippen LogP contribution >= 0.6 is 0 Å². The molecule has 0 radical (unpaired) electrons. The Labute approximate surface area is 128 Å². The third kappa shape index (κ3) is 3.38. The van der Waals surface area contributed by atoms with E-state index in [2.05, 4.69) is 64.2 Å². The van der Waals surface area contributed by atoms with Crippen LogP contribution in [-0.2, 0) is 0 Å². The minimum Gasteiger partial charge on any atom is -0.496 e. The van der Waals surface area contributed by atoms with Gasteiger partial charge in [0.1, 0.15) is 5.75 Å². The van der Waals surface area contributed by atoms with Crippen LogP contribution in [-0.4, -0.2) is 7.11 Å². The predicted octanol–water partition coefficient (Wildman–Crippen LogP) is 5.10. The van der Waals surface area contributed by atoms with E-state index in [0.717, 1.165) is 17.0 Å². The molecule has 0 fully saturated rings. The van der Waals surface area contributed by atoms with Gasteiger partial charge in [0.05, 0.1) is 7.11 Å².